The number of unbranched alkanes of at least 4 members (excludes halogenated alkanes) is 1. The number of aryl methyl sites for hydroxylation is 1. The van der Waals surface area contributed by atoms with Gasteiger partial charge in [-0.05, 0) is 50.2 Å². The molecule has 0 radical (unpaired) electrons. The van der Waals surface area contributed by atoms with E-state index in [2.05, 4.69) is 137 Å². The first-order chi connectivity index (χ1) is 24.6. The van der Waals surface area contributed by atoms with E-state index in [1.54, 1.807) is 7.11 Å². The minimum absolute atomic E-state index is 0.411. The smallest absolute Gasteiger partial charge is 0.184 e. The number of hydrogen-bond acceptors (Lipinski definition) is 5. The number of halogens is 1. The van der Waals surface area contributed by atoms with Crippen LogP contribution in [0.25, 0.3) is 22.5 Å². The van der Waals surface area contributed by atoms with Crippen LogP contribution in [0.4, 0.5) is 0 Å². The Balaban J connectivity index is 1.33. The van der Waals surface area contributed by atoms with Gasteiger partial charge >= 0.3 is 0 Å². The molecule has 0 saturated heterocycles. The Hall–Kier alpha value is -5.37. The van der Waals surface area contributed by atoms with Crippen molar-refractivity contribution in [3.8, 4) is 22.5 Å². The summed E-state index contributed by atoms with van der Waals surface area (Å²) in [4.78, 5) is 4.69. The van der Waals surface area contributed by atoms with Crippen molar-refractivity contribution in [2.75, 3.05) is 7.11 Å². The molecule has 7 nitrogen and oxygen atoms in total. The molecule has 0 aliphatic heterocycles. The number of hydrogen-bond donors (Lipinski definition) is 0. The van der Waals surface area contributed by atoms with Crippen molar-refractivity contribution in [3.05, 3.63) is 178 Å². The van der Waals surface area contributed by atoms with Crippen LogP contribution in [-0.2, 0) is 29.8 Å². The molecule has 0 saturated carbocycles. The van der Waals surface area contributed by atoms with Crippen molar-refractivity contribution in [2.24, 2.45) is 0 Å². The molecular weight excluding hydrogens is 639 g/mol. The van der Waals surface area contributed by atoms with Crippen molar-refractivity contribution >= 4 is 11.6 Å². The summed E-state index contributed by atoms with van der Waals surface area (Å²) in [5.74, 6) is 1.66. The molecule has 0 aliphatic rings. The normalized spacial score (nSPS) is 11.6. The summed E-state index contributed by atoms with van der Waals surface area (Å²) in [6.45, 7) is 3.25. The van der Waals surface area contributed by atoms with Gasteiger partial charge in [0.15, 0.2) is 11.0 Å². The van der Waals surface area contributed by atoms with Crippen LogP contribution in [0.2, 0.25) is 5.15 Å². The van der Waals surface area contributed by atoms with Gasteiger partial charge in [0.05, 0.1) is 12.3 Å². The zero-order valence-corrected chi connectivity index (χ0v) is 29.0. The molecule has 7 rings (SSSR count). The number of nitrogens with zero attached hydrogens (tertiary/aromatic N) is 6. The van der Waals surface area contributed by atoms with E-state index in [1.165, 1.54) is 0 Å². The predicted molar refractivity (Wildman–Crippen MR) is 199 cm³/mol. The minimum atomic E-state index is -0.846. The van der Waals surface area contributed by atoms with Crippen LogP contribution in [0.5, 0.6) is 0 Å². The number of tetrazole rings is 1. The second-order valence-electron chi connectivity index (χ2n) is 12.4. The van der Waals surface area contributed by atoms with Crippen LogP contribution < -0.4 is 0 Å². The van der Waals surface area contributed by atoms with Gasteiger partial charge in [0.25, 0.3) is 0 Å². The molecule has 50 heavy (non-hydrogen) atoms. The third-order valence-electron chi connectivity index (χ3n) is 9.27. The first-order valence-electron chi connectivity index (χ1n) is 17.0. The van der Waals surface area contributed by atoms with Crippen LogP contribution in [0.1, 0.15) is 53.5 Å². The topological polar surface area (TPSA) is 70.7 Å². The van der Waals surface area contributed by atoms with E-state index in [0.717, 1.165) is 69.7 Å². The molecule has 0 atom stereocenters. The van der Waals surface area contributed by atoms with Crippen molar-refractivity contribution in [3.63, 3.8) is 0 Å². The summed E-state index contributed by atoms with van der Waals surface area (Å²) in [5, 5.41) is 14.3. The standard InChI is InChI=1S/C42H39ClN6O/c1-3-4-24-39-44-40(43)38(30-50-2)48(39)29-31-25-27-32(28-26-31)36-22-14-15-23-37(36)41-45-46-47-49(41)42(33-16-8-5-9-17-33,34-18-10-6-11-19-34)35-20-12-7-13-21-35/h5-23,25-28H,3-4,24,29-30H2,1-2H3/i2-1. The highest BCUT2D eigenvalue weighted by molar-refractivity contribution is 6.30. The van der Waals surface area contributed by atoms with Gasteiger partial charge in [0.2, 0.25) is 0 Å². The summed E-state index contributed by atoms with van der Waals surface area (Å²) < 4.78 is 9.67. The van der Waals surface area contributed by atoms with Crippen molar-refractivity contribution in [1.82, 2.24) is 29.8 Å². The average Bonchev–Trinajstić information content (AvgIpc) is 3.77. The van der Waals surface area contributed by atoms with E-state index in [0.29, 0.717) is 24.1 Å². The SMILES string of the molecule is CCCCc1nc(Cl)c(CO[11CH3])n1Cc1ccc(-c2ccccc2-c2nnnn2C(c2ccccc2)(c2ccccc2)c2ccccc2)cc1. The number of methoxy groups -OCH3 is 1. The fourth-order valence-corrected chi connectivity index (χ4v) is 7.13. The summed E-state index contributed by atoms with van der Waals surface area (Å²) in [5.41, 5.74) is 7.40. The van der Waals surface area contributed by atoms with Crippen LogP contribution in [0.15, 0.2) is 140 Å². The number of aromatic nitrogens is 6. The highest BCUT2D eigenvalue weighted by atomic mass is 35.5. The van der Waals surface area contributed by atoms with Gasteiger partial charge in [-0.2, -0.15) is 0 Å². The molecule has 0 N–H and O–H groups in total. The molecule has 5 aromatic carbocycles. The Labute approximate surface area is 298 Å². The molecule has 0 spiro atoms. The quantitative estimate of drug-likeness (QED) is 0.114. The molecule has 2 heterocycles. The van der Waals surface area contributed by atoms with Gasteiger partial charge < -0.3 is 9.30 Å². The maximum absolute atomic E-state index is 6.58. The predicted octanol–water partition coefficient (Wildman–Crippen LogP) is 9.23. The highest BCUT2D eigenvalue weighted by Crippen LogP contribution is 2.43. The summed E-state index contributed by atoms with van der Waals surface area (Å²) in [6.07, 6.45) is 3.01. The van der Waals surface area contributed by atoms with Gasteiger partial charge in [0.1, 0.15) is 11.4 Å². The third-order valence-corrected chi connectivity index (χ3v) is 9.58. The maximum Gasteiger partial charge on any atom is 0.184 e. The molecule has 250 valence electrons. The largest absolute Gasteiger partial charge is 0.378 e. The van der Waals surface area contributed by atoms with Crippen LogP contribution >= 0.6 is 11.6 Å². The zero-order valence-electron chi connectivity index (χ0n) is 28.3. The second kappa shape index (κ2) is 15.0. The summed E-state index contributed by atoms with van der Waals surface area (Å²) >= 11 is 6.58. The minimum Gasteiger partial charge on any atom is -0.378 e. The van der Waals surface area contributed by atoms with E-state index in [1.807, 2.05) is 28.9 Å². The Bertz CT molecular complexity index is 2050. The molecule has 2 aromatic heterocycles. The number of ether oxygens (including phenoxy) is 1. The lowest BCUT2D eigenvalue weighted by Crippen LogP contribution is -2.39. The first-order valence-corrected chi connectivity index (χ1v) is 17.4. The fraction of sp³-hybridized carbons (Fsp3) is 0.190. The molecule has 8 heteroatoms. The van der Waals surface area contributed by atoms with Crippen LogP contribution in [0.3, 0.4) is 0 Å². The van der Waals surface area contributed by atoms with Crippen molar-refractivity contribution < 1.29 is 4.74 Å². The first kappa shape index (κ1) is 33.1. The zero-order chi connectivity index (χ0) is 34.3. The lowest BCUT2D eigenvalue weighted by Gasteiger charge is -2.36. The average molecular weight is 678 g/mol. The van der Waals surface area contributed by atoms with Gasteiger partial charge in [-0.1, -0.05) is 164 Å². The number of benzene rings is 5. The van der Waals surface area contributed by atoms with Crippen LogP contribution in [-0.4, -0.2) is 36.9 Å². The molecule has 0 unspecified atom stereocenters. The van der Waals surface area contributed by atoms with Gasteiger partial charge in [-0.3, -0.25) is 0 Å². The molecule has 0 aliphatic carbocycles. The monoisotopic (exact) mass is 677 g/mol. The summed E-state index contributed by atoms with van der Waals surface area (Å²) in [7, 11) is 1.69. The Morgan fingerprint density at radius 2 is 1.26 bits per heavy atom. The van der Waals surface area contributed by atoms with E-state index < -0.39 is 5.54 Å². The van der Waals surface area contributed by atoms with Gasteiger partial charge in [-0.25, -0.2) is 9.67 Å². The lowest BCUT2D eigenvalue weighted by atomic mass is 9.77. The molecule has 7 aromatic rings. The molecule has 0 amide bonds. The molecular formula is C42H39ClN6O. The van der Waals surface area contributed by atoms with Gasteiger partial charge in [-0.15, -0.1) is 5.10 Å². The van der Waals surface area contributed by atoms with E-state index >= 15 is 0 Å². The van der Waals surface area contributed by atoms with E-state index in [9.17, 15) is 0 Å². The Morgan fingerprint density at radius 3 is 1.82 bits per heavy atom. The molecule has 0 bridgehead atoms. The maximum atomic E-state index is 6.58. The van der Waals surface area contributed by atoms with Gasteiger partial charge in [0, 0.05) is 25.6 Å². The van der Waals surface area contributed by atoms with Crippen molar-refractivity contribution in [1.29, 1.82) is 0 Å². The Kier molecular flexibility index (Phi) is 9.96. The number of imidazole rings is 1. The van der Waals surface area contributed by atoms with E-state index in [4.69, 9.17) is 26.6 Å². The Morgan fingerprint density at radius 1 is 0.700 bits per heavy atom. The lowest BCUT2D eigenvalue weighted by molar-refractivity contribution is 0.178. The number of rotatable bonds is 13. The van der Waals surface area contributed by atoms with E-state index in [-0.39, 0.29) is 0 Å². The highest BCUT2D eigenvalue weighted by Gasteiger charge is 2.42. The fourth-order valence-electron chi connectivity index (χ4n) is 6.88. The second-order valence-corrected chi connectivity index (χ2v) is 12.7. The van der Waals surface area contributed by atoms with Crippen molar-refractivity contribution in [2.45, 2.75) is 44.9 Å². The third kappa shape index (κ3) is 6.26. The van der Waals surface area contributed by atoms with Crippen LogP contribution in [0, 0.1) is 0 Å². The summed E-state index contributed by atoms with van der Waals surface area (Å²) in [6, 6.07) is 48.4. The molecule has 0 fully saturated rings.